The molecule has 8 bridgehead atoms. The van der Waals surface area contributed by atoms with Crippen molar-refractivity contribution >= 4 is 11.7 Å². The van der Waals surface area contributed by atoms with E-state index >= 15 is 0 Å². The van der Waals surface area contributed by atoms with Gasteiger partial charge in [0.1, 0.15) is 5.75 Å². The minimum atomic E-state index is -0.360. The highest BCUT2D eigenvalue weighted by Gasteiger charge is 2.49. The molecule has 7 atom stereocenters. The zero-order valence-corrected chi connectivity index (χ0v) is 40.1. The summed E-state index contributed by atoms with van der Waals surface area (Å²) >= 11 is 0. The number of aliphatic imine (C=N–C) groups is 1. The summed E-state index contributed by atoms with van der Waals surface area (Å²) in [4.78, 5) is 19.0. The molecule has 1 aliphatic heterocycles. The van der Waals surface area contributed by atoms with Gasteiger partial charge in [-0.2, -0.15) is 0 Å². The number of aromatic hydroxyl groups is 2. The number of phenolic OH excluding ortho intramolecular Hbond substituents is 2. The average Bonchev–Trinajstić information content (AvgIpc) is 3.82. The van der Waals surface area contributed by atoms with E-state index in [1.807, 2.05) is 25.1 Å². The normalized spacial score (nSPS) is 26.9. The van der Waals surface area contributed by atoms with Gasteiger partial charge in [-0.15, -0.1) is 0 Å². The Bertz CT molecular complexity index is 2450. The van der Waals surface area contributed by atoms with Crippen LogP contribution in [0.2, 0.25) is 0 Å². The Morgan fingerprint density at radius 3 is 2.60 bits per heavy atom. The first-order valence-corrected chi connectivity index (χ1v) is 25.7. The van der Waals surface area contributed by atoms with Gasteiger partial charge in [-0.25, -0.2) is 4.99 Å². The number of rotatable bonds is 11. The van der Waals surface area contributed by atoms with Crippen LogP contribution in [-0.2, 0) is 27.9 Å². The Labute approximate surface area is 398 Å². The number of methoxy groups -OCH3 is 1. The molecule has 6 N–H and O–H groups in total. The Balaban J connectivity index is 1.26. The van der Waals surface area contributed by atoms with Crippen LogP contribution < -0.4 is 15.8 Å². The lowest BCUT2D eigenvalue weighted by Crippen LogP contribution is -2.50. The van der Waals surface area contributed by atoms with E-state index in [1.165, 1.54) is 23.1 Å². The van der Waals surface area contributed by atoms with E-state index in [0.717, 1.165) is 104 Å². The number of phenols is 2. The summed E-state index contributed by atoms with van der Waals surface area (Å²) in [5.74, 6) is 8.71. The van der Waals surface area contributed by atoms with Crippen molar-refractivity contribution in [3.05, 3.63) is 111 Å². The summed E-state index contributed by atoms with van der Waals surface area (Å²) in [5, 5.41) is 38.3. The van der Waals surface area contributed by atoms with Crippen molar-refractivity contribution in [3.63, 3.8) is 0 Å². The number of aryl methyl sites for hydroxylation is 1. The van der Waals surface area contributed by atoms with Crippen LogP contribution in [0.25, 0.3) is 0 Å². The molecule has 5 aliphatic carbocycles. The lowest BCUT2D eigenvalue weighted by atomic mass is 9.55. The maximum absolute atomic E-state index is 13.7. The van der Waals surface area contributed by atoms with Crippen LogP contribution in [0.15, 0.2) is 76.8 Å². The quantitative estimate of drug-likeness (QED) is 0.0726. The van der Waals surface area contributed by atoms with Gasteiger partial charge >= 0.3 is 0 Å². The molecule has 3 fully saturated rings. The van der Waals surface area contributed by atoms with Crippen molar-refractivity contribution in [2.24, 2.45) is 34.4 Å². The molecule has 3 aromatic carbocycles. The number of guanidine groups is 1. The number of aliphatic hydroxyl groups is 1. The van der Waals surface area contributed by atoms with Gasteiger partial charge in [0, 0.05) is 42.9 Å². The molecule has 0 radical (unpaired) electrons. The van der Waals surface area contributed by atoms with Crippen molar-refractivity contribution in [3.8, 4) is 29.1 Å². The number of allylic oxidation sites excluding steroid dienone is 3. The molecule has 0 saturated heterocycles. The fourth-order valence-corrected chi connectivity index (χ4v) is 13.2. The van der Waals surface area contributed by atoms with Gasteiger partial charge in [-0.3, -0.25) is 4.79 Å². The second kappa shape index (κ2) is 20.7. The number of ether oxygens (including phenoxy) is 2. The molecule has 9 rings (SSSR count). The highest BCUT2D eigenvalue weighted by atomic mass is 16.5. The Morgan fingerprint density at radius 2 is 1.82 bits per heavy atom. The van der Waals surface area contributed by atoms with Gasteiger partial charge in [-0.1, -0.05) is 93.4 Å². The number of ketones is 1. The molecule has 6 aliphatic rings. The molecule has 356 valence electrons. The lowest BCUT2D eigenvalue weighted by Gasteiger charge is -2.49. The minimum absolute atomic E-state index is 0.0000408. The van der Waals surface area contributed by atoms with Gasteiger partial charge in [0.05, 0.1) is 30.9 Å². The Morgan fingerprint density at radius 1 is 1.00 bits per heavy atom. The van der Waals surface area contributed by atoms with Crippen molar-refractivity contribution in [1.82, 2.24) is 5.32 Å². The molecular weight excluding hydrogens is 835 g/mol. The van der Waals surface area contributed by atoms with Crippen LogP contribution in [0.4, 0.5) is 0 Å². The number of hydrogen-bond donors (Lipinski definition) is 5. The molecule has 9 heteroatoms. The van der Waals surface area contributed by atoms with Gasteiger partial charge in [0.15, 0.2) is 23.2 Å². The summed E-state index contributed by atoms with van der Waals surface area (Å²) in [6.07, 6.45) is 19.3. The summed E-state index contributed by atoms with van der Waals surface area (Å²) in [7, 11) is 1.78. The van der Waals surface area contributed by atoms with Gasteiger partial charge in [0.25, 0.3) is 0 Å². The molecular formula is C58H73N3O6. The third-order valence-corrected chi connectivity index (χ3v) is 16.2. The first kappa shape index (κ1) is 47.0. The van der Waals surface area contributed by atoms with Crippen molar-refractivity contribution < 1.29 is 29.6 Å². The van der Waals surface area contributed by atoms with Crippen LogP contribution in [-0.4, -0.2) is 59.5 Å². The Hall–Kier alpha value is -5.04. The summed E-state index contributed by atoms with van der Waals surface area (Å²) < 4.78 is 13.0. The molecule has 7 unspecified atom stereocenters. The number of aliphatic hydroxyl groups excluding tert-OH is 1. The molecule has 3 aromatic rings. The van der Waals surface area contributed by atoms with E-state index in [2.05, 4.69) is 60.5 Å². The van der Waals surface area contributed by atoms with E-state index in [-0.39, 0.29) is 77.6 Å². The number of nitrogens with one attached hydrogen (secondary N) is 1. The molecule has 1 heterocycles. The highest BCUT2D eigenvalue weighted by molar-refractivity contribution is 5.90. The second-order valence-corrected chi connectivity index (χ2v) is 21.1. The highest BCUT2D eigenvalue weighted by Crippen LogP contribution is 2.59. The van der Waals surface area contributed by atoms with Crippen LogP contribution >= 0.6 is 0 Å². The lowest BCUT2D eigenvalue weighted by molar-refractivity contribution is -0.114. The molecule has 0 amide bonds. The number of nitrogens with zero attached hydrogens (tertiary/aromatic N) is 1. The largest absolute Gasteiger partial charge is 0.508 e. The van der Waals surface area contributed by atoms with E-state index in [4.69, 9.17) is 20.2 Å². The zero-order chi connectivity index (χ0) is 46.7. The van der Waals surface area contributed by atoms with Gasteiger partial charge < -0.3 is 35.8 Å². The molecule has 0 aromatic heterocycles. The topological polar surface area (TPSA) is 147 Å². The molecule has 9 nitrogen and oxygen atoms in total. The zero-order valence-electron chi connectivity index (χ0n) is 40.1. The number of carbonyl (C=O) groups is 1. The predicted molar refractivity (Wildman–Crippen MR) is 265 cm³/mol. The third kappa shape index (κ3) is 10.2. The Kier molecular flexibility index (Phi) is 14.5. The SMILES string of the molecule is CCCC(=CC(=O)CCc1cc(OC2CCCC2)c(O)c2c1C#CCC1CC3C=C4C(CC(C)CC4C2C3COC)c2cc(O)cc(c2)Cc2cccc(c2)C2(CCCCC2)NC(N)=N1)CO. The van der Waals surface area contributed by atoms with Gasteiger partial charge in [0.2, 0.25) is 0 Å². The van der Waals surface area contributed by atoms with Crippen molar-refractivity contribution in [2.45, 2.75) is 159 Å². The molecule has 1 spiro atoms. The number of fused-ring (bicyclic) bond motifs is 11. The summed E-state index contributed by atoms with van der Waals surface area (Å²) in [5.41, 5.74) is 15.9. The maximum Gasteiger partial charge on any atom is 0.189 e. The van der Waals surface area contributed by atoms with E-state index < -0.39 is 0 Å². The van der Waals surface area contributed by atoms with Crippen LogP contribution in [0.5, 0.6) is 17.2 Å². The maximum atomic E-state index is 13.7. The number of benzene rings is 3. The number of nitrogens with two attached hydrogens (primary N) is 1. The summed E-state index contributed by atoms with van der Waals surface area (Å²) in [6, 6.07) is 16.9. The number of hydrogen-bond acceptors (Lipinski definition) is 9. The van der Waals surface area contributed by atoms with E-state index in [1.54, 1.807) is 13.2 Å². The fraction of sp³-hybridized carbons (Fsp3) is 0.552. The second-order valence-electron chi connectivity index (χ2n) is 21.1. The summed E-state index contributed by atoms with van der Waals surface area (Å²) in [6.45, 7) is 4.72. The first-order chi connectivity index (χ1) is 32.5. The van der Waals surface area contributed by atoms with E-state index in [9.17, 15) is 20.1 Å². The molecule has 67 heavy (non-hydrogen) atoms. The fourth-order valence-electron chi connectivity index (χ4n) is 13.2. The third-order valence-electron chi connectivity index (χ3n) is 16.2. The monoisotopic (exact) mass is 908 g/mol. The molecule has 3 saturated carbocycles. The average molecular weight is 908 g/mol. The minimum Gasteiger partial charge on any atom is -0.508 e. The standard InChI is InChI=1S/C58H73N3O6/c1-4-12-38(34-62)28-45(63)20-19-40-33-53(67-47-16-6-7-17-47)56(65)55-48(40)18-11-15-44-30-42-32-50-49(23-36(2)24-51(50)54(55)52(42)35-66-3)41-26-39(29-46(64)31-41)25-37-13-10-14-43(27-37)58(61-57(59)60-44)21-8-5-9-22-58/h10,13-14,26-29,31-33,36,42,44,47,49,51-52,54,62,64-65H,4-9,12,15-17,19-25,30,34-35H2,1-3H3,(H3,59,60,61). The van der Waals surface area contributed by atoms with Crippen molar-refractivity contribution in [2.75, 3.05) is 20.3 Å². The van der Waals surface area contributed by atoms with Gasteiger partial charge in [-0.05, 0) is 158 Å². The van der Waals surface area contributed by atoms with Crippen LogP contribution in [0.1, 0.15) is 167 Å². The van der Waals surface area contributed by atoms with Crippen LogP contribution in [0.3, 0.4) is 0 Å². The number of carbonyl (C=O) groups excluding carboxylic acids is 1. The predicted octanol–water partition coefficient (Wildman–Crippen LogP) is 10.6. The van der Waals surface area contributed by atoms with Crippen LogP contribution in [0, 0.1) is 35.5 Å². The van der Waals surface area contributed by atoms with E-state index in [0.29, 0.717) is 56.3 Å². The smallest absolute Gasteiger partial charge is 0.189 e. The van der Waals surface area contributed by atoms with Crippen molar-refractivity contribution in [1.29, 1.82) is 0 Å². The first-order valence-electron chi connectivity index (χ1n) is 25.7.